The molecule has 1 unspecified atom stereocenters. The fourth-order valence-corrected chi connectivity index (χ4v) is 4.60. The minimum atomic E-state index is 0.0104. The van der Waals surface area contributed by atoms with E-state index >= 15 is 0 Å². The van der Waals surface area contributed by atoms with Gasteiger partial charge in [0.25, 0.3) is 0 Å². The number of hydrogen-bond acceptors (Lipinski definition) is 6. The Balaban J connectivity index is 1.62. The molecule has 0 aliphatic carbocycles. The standard InChI is InChI=1S/C24H30N6O3/c1-4-20-18-12-15(2)22-17-13-16(6-7-21(17)26-27-22)19-14-25-29(3)23(19)32-10-5-11-33-24(18)30(28-20)8-9-31/h6-7,13-15,31H,4-5,8-12H2,1-3H3,(H,26,27). The largest absolute Gasteiger partial charge is 0.477 e. The first-order chi connectivity index (χ1) is 16.1. The Morgan fingerprint density at radius 2 is 2.03 bits per heavy atom. The summed E-state index contributed by atoms with van der Waals surface area (Å²) in [4.78, 5) is 0. The maximum absolute atomic E-state index is 9.56. The molecule has 0 saturated carbocycles. The van der Waals surface area contributed by atoms with E-state index in [-0.39, 0.29) is 12.5 Å². The lowest BCUT2D eigenvalue weighted by Gasteiger charge is -2.14. The van der Waals surface area contributed by atoms with Gasteiger partial charge in [0.05, 0.1) is 49.3 Å². The highest BCUT2D eigenvalue weighted by atomic mass is 16.5. The average Bonchev–Trinajstić information content (AvgIpc) is 3.49. The number of H-pyrrole nitrogens is 1. The van der Waals surface area contributed by atoms with Crippen LogP contribution < -0.4 is 9.47 Å². The monoisotopic (exact) mass is 450 g/mol. The number of aromatic amines is 1. The van der Waals surface area contributed by atoms with Crippen molar-refractivity contribution < 1.29 is 14.6 Å². The van der Waals surface area contributed by atoms with Gasteiger partial charge in [0, 0.05) is 36.0 Å². The molecule has 4 heterocycles. The fraction of sp³-hybridized carbons (Fsp3) is 0.458. The van der Waals surface area contributed by atoms with Crippen LogP contribution in [0, 0.1) is 0 Å². The number of hydrogen-bond donors (Lipinski definition) is 2. The molecule has 1 aliphatic heterocycles. The normalized spacial score (nSPS) is 16.5. The molecule has 3 aromatic heterocycles. The SMILES string of the molecule is CCc1nn(CCO)c2c1CC(C)c1[nH]nc3ccc(cc13)-c1cnn(C)c1OCCCO2. The van der Waals surface area contributed by atoms with Crippen molar-refractivity contribution in [2.45, 2.75) is 45.6 Å². The van der Waals surface area contributed by atoms with Gasteiger partial charge in [-0.1, -0.05) is 19.9 Å². The van der Waals surface area contributed by atoms with Crippen molar-refractivity contribution in [3.8, 4) is 22.9 Å². The molecular weight excluding hydrogens is 420 g/mol. The second kappa shape index (κ2) is 8.90. The summed E-state index contributed by atoms with van der Waals surface area (Å²) in [5.41, 5.74) is 6.13. The molecule has 5 rings (SSSR count). The highest BCUT2D eigenvalue weighted by molar-refractivity contribution is 5.87. The second-order valence-corrected chi connectivity index (χ2v) is 8.54. The van der Waals surface area contributed by atoms with Crippen molar-refractivity contribution in [3.63, 3.8) is 0 Å². The predicted molar refractivity (Wildman–Crippen MR) is 125 cm³/mol. The van der Waals surface area contributed by atoms with Crippen molar-refractivity contribution in [2.75, 3.05) is 19.8 Å². The van der Waals surface area contributed by atoms with Gasteiger partial charge >= 0.3 is 0 Å². The van der Waals surface area contributed by atoms with E-state index in [1.54, 1.807) is 9.36 Å². The van der Waals surface area contributed by atoms with Gasteiger partial charge in [-0.2, -0.15) is 15.3 Å². The van der Waals surface area contributed by atoms with Crippen LogP contribution in [0.1, 0.15) is 43.1 Å². The number of aryl methyl sites for hydroxylation is 2. The third-order valence-electron chi connectivity index (χ3n) is 6.28. The van der Waals surface area contributed by atoms with Crippen molar-refractivity contribution >= 4 is 10.9 Å². The summed E-state index contributed by atoms with van der Waals surface area (Å²) in [5.74, 6) is 1.65. The van der Waals surface area contributed by atoms with Crippen LogP contribution in [0.2, 0.25) is 0 Å². The van der Waals surface area contributed by atoms with E-state index in [0.717, 1.165) is 63.6 Å². The van der Waals surface area contributed by atoms with Crippen LogP contribution in [0.25, 0.3) is 22.0 Å². The molecular formula is C24H30N6O3. The van der Waals surface area contributed by atoms with Gasteiger partial charge in [-0.25, -0.2) is 9.36 Å². The summed E-state index contributed by atoms with van der Waals surface area (Å²) in [6, 6.07) is 6.27. The summed E-state index contributed by atoms with van der Waals surface area (Å²) in [7, 11) is 1.89. The number of aliphatic hydroxyl groups excluding tert-OH is 1. The minimum absolute atomic E-state index is 0.0104. The summed E-state index contributed by atoms with van der Waals surface area (Å²) < 4.78 is 15.9. The summed E-state index contributed by atoms with van der Waals surface area (Å²) in [6.07, 6.45) is 4.13. The van der Waals surface area contributed by atoms with Crippen molar-refractivity contribution in [1.82, 2.24) is 29.8 Å². The molecule has 1 aromatic carbocycles. The Bertz CT molecular complexity index is 1270. The quantitative estimate of drug-likeness (QED) is 0.497. The van der Waals surface area contributed by atoms with E-state index in [1.807, 2.05) is 19.3 Å². The lowest BCUT2D eigenvalue weighted by atomic mass is 9.94. The molecule has 1 atom stereocenters. The van der Waals surface area contributed by atoms with Gasteiger partial charge in [-0.3, -0.25) is 5.10 Å². The molecule has 9 nitrogen and oxygen atoms in total. The predicted octanol–water partition coefficient (Wildman–Crippen LogP) is 3.22. The fourth-order valence-electron chi connectivity index (χ4n) is 4.60. The minimum Gasteiger partial charge on any atom is -0.477 e. The highest BCUT2D eigenvalue weighted by Crippen LogP contribution is 2.36. The van der Waals surface area contributed by atoms with Gasteiger partial charge in [-0.05, 0) is 30.5 Å². The molecule has 4 aromatic rings. The first-order valence-corrected chi connectivity index (χ1v) is 11.6. The van der Waals surface area contributed by atoms with E-state index in [2.05, 4.69) is 41.3 Å². The van der Waals surface area contributed by atoms with E-state index in [9.17, 15) is 5.11 Å². The maximum atomic E-state index is 9.56. The summed E-state index contributed by atoms with van der Waals surface area (Å²) >= 11 is 0. The summed E-state index contributed by atoms with van der Waals surface area (Å²) in [5, 5.41) is 27.6. The van der Waals surface area contributed by atoms with Crippen molar-refractivity contribution in [2.24, 2.45) is 7.05 Å². The average molecular weight is 451 g/mol. The Labute approximate surface area is 192 Å². The topological polar surface area (TPSA) is 103 Å². The first kappa shape index (κ1) is 21.5. The third kappa shape index (κ3) is 3.86. The van der Waals surface area contributed by atoms with Crippen LogP contribution >= 0.6 is 0 Å². The van der Waals surface area contributed by atoms with Crippen LogP contribution in [-0.2, 0) is 26.4 Å². The second-order valence-electron chi connectivity index (χ2n) is 8.54. The number of rotatable bonds is 3. The number of benzene rings is 1. The zero-order chi connectivity index (χ0) is 22.9. The number of aromatic nitrogens is 6. The zero-order valence-electron chi connectivity index (χ0n) is 19.3. The maximum Gasteiger partial charge on any atom is 0.219 e. The van der Waals surface area contributed by atoms with E-state index in [0.29, 0.717) is 26.2 Å². The smallest absolute Gasteiger partial charge is 0.219 e. The van der Waals surface area contributed by atoms with Gasteiger partial charge in [0.15, 0.2) is 0 Å². The molecule has 9 heteroatoms. The van der Waals surface area contributed by atoms with Crippen LogP contribution in [0.5, 0.6) is 11.8 Å². The van der Waals surface area contributed by atoms with Gasteiger partial charge < -0.3 is 14.6 Å². The van der Waals surface area contributed by atoms with Gasteiger partial charge in [-0.15, -0.1) is 0 Å². The summed E-state index contributed by atoms with van der Waals surface area (Å²) in [6.45, 7) is 5.72. The number of nitrogens with one attached hydrogen (secondary N) is 1. The molecule has 0 saturated heterocycles. The van der Waals surface area contributed by atoms with E-state index in [1.165, 1.54) is 0 Å². The van der Waals surface area contributed by atoms with Crippen molar-refractivity contribution in [3.05, 3.63) is 41.3 Å². The highest BCUT2D eigenvalue weighted by Gasteiger charge is 2.24. The Kier molecular flexibility index (Phi) is 5.80. The van der Waals surface area contributed by atoms with Gasteiger partial charge in [0.2, 0.25) is 11.8 Å². The van der Waals surface area contributed by atoms with Gasteiger partial charge in [0.1, 0.15) is 0 Å². The van der Waals surface area contributed by atoms with Crippen LogP contribution in [0.3, 0.4) is 0 Å². The lowest BCUT2D eigenvalue weighted by molar-refractivity contribution is 0.212. The lowest BCUT2D eigenvalue weighted by Crippen LogP contribution is -2.12. The van der Waals surface area contributed by atoms with E-state index in [4.69, 9.17) is 14.6 Å². The Morgan fingerprint density at radius 1 is 1.21 bits per heavy atom. The molecule has 0 radical (unpaired) electrons. The third-order valence-corrected chi connectivity index (χ3v) is 6.28. The Hall–Kier alpha value is -3.33. The first-order valence-electron chi connectivity index (χ1n) is 11.6. The van der Waals surface area contributed by atoms with Crippen LogP contribution in [0.15, 0.2) is 24.4 Å². The Morgan fingerprint density at radius 3 is 2.82 bits per heavy atom. The molecule has 2 bridgehead atoms. The van der Waals surface area contributed by atoms with Crippen molar-refractivity contribution in [1.29, 1.82) is 0 Å². The molecule has 1 aliphatic rings. The number of aliphatic hydroxyl groups is 1. The zero-order valence-corrected chi connectivity index (χ0v) is 19.3. The number of fused-ring (bicyclic) bond motifs is 4. The molecule has 0 spiro atoms. The number of ether oxygens (including phenoxy) is 2. The molecule has 0 amide bonds. The molecule has 174 valence electrons. The molecule has 33 heavy (non-hydrogen) atoms. The molecule has 2 N–H and O–H groups in total. The van der Waals surface area contributed by atoms with E-state index < -0.39 is 0 Å². The van der Waals surface area contributed by atoms with Crippen LogP contribution in [0.4, 0.5) is 0 Å². The van der Waals surface area contributed by atoms with Crippen LogP contribution in [-0.4, -0.2) is 54.7 Å². The number of nitrogens with zero attached hydrogens (tertiary/aromatic N) is 5. The molecule has 0 fully saturated rings.